The molecule has 0 radical (unpaired) electrons. The second-order valence-corrected chi connectivity index (χ2v) is 7.71. The molecule has 0 N–H and O–H groups in total. The molecule has 0 aromatic heterocycles. The van der Waals surface area contributed by atoms with Gasteiger partial charge in [-0.05, 0) is 38.6 Å². The zero-order valence-corrected chi connectivity index (χ0v) is 14.0. The number of rotatable bonds is 6. The van der Waals surface area contributed by atoms with Crippen molar-refractivity contribution in [2.24, 2.45) is 5.41 Å². The Morgan fingerprint density at radius 1 is 0.789 bits per heavy atom. The van der Waals surface area contributed by atoms with Gasteiger partial charge in [0.15, 0.2) is 0 Å². The zero-order valence-electron chi connectivity index (χ0n) is 14.0. The van der Waals surface area contributed by atoms with Crippen molar-refractivity contribution in [1.29, 1.82) is 0 Å². The highest BCUT2D eigenvalue weighted by atomic mass is 16.5. The van der Waals surface area contributed by atoms with E-state index in [1.807, 2.05) is 7.11 Å². The topological polar surface area (TPSA) is 15.7 Å². The molecule has 0 saturated carbocycles. The molecule has 1 fully saturated rings. The molecule has 1 aliphatic heterocycles. The SMILES string of the molecule is COC(C)(C)CCN1CCN(CCC(C)(C)C)CC1. The maximum atomic E-state index is 5.49. The molecule has 1 rings (SSSR count). The van der Waals surface area contributed by atoms with Crippen molar-refractivity contribution in [1.82, 2.24) is 9.80 Å². The minimum absolute atomic E-state index is 0.0172. The predicted molar refractivity (Wildman–Crippen MR) is 82.7 cm³/mol. The number of hydrogen-bond acceptors (Lipinski definition) is 3. The molecule has 1 saturated heterocycles. The molecule has 3 heteroatoms. The van der Waals surface area contributed by atoms with Gasteiger partial charge in [0.2, 0.25) is 0 Å². The van der Waals surface area contributed by atoms with Gasteiger partial charge in [0.25, 0.3) is 0 Å². The quantitative estimate of drug-likeness (QED) is 0.738. The lowest BCUT2D eigenvalue weighted by atomic mass is 9.92. The van der Waals surface area contributed by atoms with Crippen molar-refractivity contribution in [2.75, 3.05) is 46.4 Å². The first-order valence-corrected chi connectivity index (χ1v) is 7.72. The number of piperazine rings is 1. The fourth-order valence-corrected chi connectivity index (χ4v) is 2.26. The first-order chi connectivity index (χ1) is 8.72. The lowest BCUT2D eigenvalue weighted by molar-refractivity contribution is 0.00303. The molecule has 0 spiro atoms. The molecule has 1 heterocycles. The average Bonchev–Trinajstić information content (AvgIpc) is 2.34. The lowest BCUT2D eigenvalue weighted by Gasteiger charge is -2.37. The molecular formula is C16H34N2O. The molecule has 0 aromatic carbocycles. The number of hydrogen-bond donors (Lipinski definition) is 0. The van der Waals surface area contributed by atoms with E-state index in [1.54, 1.807) is 0 Å². The van der Waals surface area contributed by atoms with E-state index in [2.05, 4.69) is 44.4 Å². The fraction of sp³-hybridized carbons (Fsp3) is 1.00. The van der Waals surface area contributed by atoms with Gasteiger partial charge < -0.3 is 14.5 Å². The first kappa shape index (κ1) is 16.9. The van der Waals surface area contributed by atoms with E-state index in [4.69, 9.17) is 4.74 Å². The van der Waals surface area contributed by atoms with E-state index >= 15 is 0 Å². The zero-order chi connectivity index (χ0) is 14.5. The van der Waals surface area contributed by atoms with Crippen molar-refractivity contribution in [2.45, 2.75) is 53.1 Å². The van der Waals surface area contributed by atoms with Gasteiger partial charge in [-0.1, -0.05) is 20.8 Å². The largest absolute Gasteiger partial charge is 0.379 e. The van der Waals surface area contributed by atoms with E-state index in [9.17, 15) is 0 Å². The highest BCUT2D eigenvalue weighted by molar-refractivity contribution is 4.77. The minimum Gasteiger partial charge on any atom is -0.379 e. The van der Waals surface area contributed by atoms with Crippen LogP contribution in [0.3, 0.4) is 0 Å². The van der Waals surface area contributed by atoms with Gasteiger partial charge >= 0.3 is 0 Å². The van der Waals surface area contributed by atoms with Crippen LogP contribution in [0.1, 0.15) is 47.5 Å². The van der Waals surface area contributed by atoms with Crippen LogP contribution in [0.2, 0.25) is 0 Å². The van der Waals surface area contributed by atoms with E-state index in [0.717, 1.165) is 13.0 Å². The summed E-state index contributed by atoms with van der Waals surface area (Å²) >= 11 is 0. The molecule has 0 atom stereocenters. The van der Waals surface area contributed by atoms with Gasteiger partial charge in [-0.2, -0.15) is 0 Å². The van der Waals surface area contributed by atoms with Crippen LogP contribution in [0.5, 0.6) is 0 Å². The fourth-order valence-electron chi connectivity index (χ4n) is 2.26. The maximum absolute atomic E-state index is 5.49. The molecule has 19 heavy (non-hydrogen) atoms. The van der Waals surface area contributed by atoms with Crippen molar-refractivity contribution < 1.29 is 4.74 Å². The van der Waals surface area contributed by atoms with Gasteiger partial charge in [0, 0.05) is 39.8 Å². The van der Waals surface area contributed by atoms with Crippen LogP contribution in [0, 0.1) is 5.41 Å². The minimum atomic E-state index is 0.0172. The Bertz CT molecular complexity index is 250. The van der Waals surface area contributed by atoms with Crippen LogP contribution < -0.4 is 0 Å². The van der Waals surface area contributed by atoms with E-state index in [1.165, 1.54) is 39.1 Å². The van der Waals surface area contributed by atoms with Gasteiger partial charge in [-0.15, -0.1) is 0 Å². The van der Waals surface area contributed by atoms with Gasteiger partial charge in [-0.3, -0.25) is 0 Å². The lowest BCUT2D eigenvalue weighted by Crippen LogP contribution is -2.48. The van der Waals surface area contributed by atoms with Crippen LogP contribution in [0.15, 0.2) is 0 Å². The Hall–Kier alpha value is -0.120. The second-order valence-electron chi connectivity index (χ2n) is 7.71. The first-order valence-electron chi connectivity index (χ1n) is 7.72. The normalized spacial score (nSPS) is 19.9. The average molecular weight is 270 g/mol. The Labute approximate surface area is 120 Å². The third-order valence-corrected chi connectivity index (χ3v) is 4.23. The van der Waals surface area contributed by atoms with Crippen LogP contribution in [0.25, 0.3) is 0 Å². The summed E-state index contributed by atoms with van der Waals surface area (Å²) in [6.45, 7) is 18.6. The van der Waals surface area contributed by atoms with Crippen molar-refractivity contribution in [3.8, 4) is 0 Å². The molecule has 0 amide bonds. The Morgan fingerprint density at radius 2 is 1.21 bits per heavy atom. The molecule has 114 valence electrons. The molecule has 0 aliphatic carbocycles. The van der Waals surface area contributed by atoms with Crippen LogP contribution in [-0.4, -0.2) is 61.8 Å². The summed E-state index contributed by atoms with van der Waals surface area (Å²) < 4.78 is 5.49. The summed E-state index contributed by atoms with van der Waals surface area (Å²) in [5, 5.41) is 0. The summed E-state index contributed by atoms with van der Waals surface area (Å²) in [6.07, 6.45) is 2.41. The van der Waals surface area contributed by atoms with E-state index in [-0.39, 0.29) is 5.60 Å². The molecule has 1 aliphatic rings. The van der Waals surface area contributed by atoms with E-state index in [0.29, 0.717) is 5.41 Å². The maximum Gasteiger partial charge on any atom is 0.0634 e. The smallest absolute Gasteiger partial charge is 0.0634 e. The molecule has 0 unspecified atom stereocenters. The molecule has 0 bridgehead atoms. The van der Waals surface area contributed by atoms with Crippen LogP contribution in [-0.2, 0) is 4.74 Å². The van der Waals surface area contributed by atoms with Crippen molar-refractivity contribution >= 4 is 0 Å². The van der Waals surface area contributed by atoms with Gasteiger partial charge in [0.05, 0.1) is 5.60 Å². The van der Waals surface area contributed by atoms with Gasteiger partial charge in [-0.25, -0.2) is 0 Å². The standard InChI is InChI=1S/C16H34N2O/c1-15(2,3)7-9-17-11-13-18(14-12-17)10-8-16(4,5)19-6/h7-14H2,1-6H3. The molecule has 0 aromatic rings. The monoisotopic (exact) mass is 270 g/mol. The Morgan fingerprint density at radius 3 is 1.58 bits per heavy atom. The van der Waals surface area contributed by atoms with Crippen molar-refractivity contribution in [3.63, 3.8) is 0 Å². The Balaban J connectivity index is 2.19. The number of methoxy groups -OCH3 is 1. The molecular weight excluding hydrogens is 236 g/mol. The summed E-state index contributed by atoms with van der Waals surface area (Å²) in [5.41, 5.74) is 0.475. The highest BCUT2D eigenvalue weighted by Crippen LogP contribution is 2.19. The van der Waals surface area contributed by atoms with Crippen molar-refractivity contribution in [3.05, 3.63) is 0 Å². The third kappa shape index (κ3) is 7.28. The summed E-state index contributed by atoms with van der Waals surface area (Å²) in [5.74, 6) is 0. The van der Waals surface area contributed by atoms with Gasteiger partial charge in [0.1, 0.15) is 0 Å². The van der Waals surface area contributed by atoms with Crippen LogP contribution in [0.4, 0.5) is 0 Å². The third-order valence-electron chi connectivity index (χ3n) is 4.23. The predicted octanol–water partition coefficient (Wildman–Crippen LogP) is 2.86. The summed E-state index contributed by atoms with van der Waals surface area (Å²) in [6, 6.07) is 0. The van der Waals surface area contributed by atoms with E-state index < -0.39 is 0 Å². The highest BCUT2D eigenvalue weighted by Gasteiger charge is 2.22. The summed E-state index contributed by atoms with van der Waals surface area (Å²) in [4.78, 5) is 5.19. The van der Waals surface area contributed by atoms with Crippen LogP contribution >= 0.6 is 0 Å². The Kier molecular flexibility index (Phi) is 6.28. The number of nitrogens with zero attached hydrogens (tertiary/aromatic N) is 2. The second kappa shape index (κ2) is 7.05. The molecule has 3 nitrogen and oxygen atoms in total. The summed E-state index contributed by atoms with van der Waals surface area (Å²) in [7, 11) is 1.81. The number of ether oxygens (including phenoxy) is 1.